The summed E-state index contributed by atoms with van der Waals surface area (Å²) in [6, 6.07) is 7.55. The van der Waals surface area contributed by atoms with Crippen LogP contribution in [0.15, 0.2) is 47.6 Å². The van der Waals surface area contributed by atoms with Gasteiger partial charge in [0, 0.05) is 111 Å². The number of hydrogen-bond donors (Lipinski definition) is 2. The van der Waals surface area contributed by atoms with Crippen molar-refractivity contribution in [2.75, 3.05) is 46.9 Å². The molecule has 1 spiro atoms. The van der Waals surface area contributed by atoms with Crippen molar-refractivity contribution in [3.63, 3.8) is 0 Å². The summed E-state index contributed by atoms with van der Waals surface area (Å²) in [6.07, 6.45) is 8.54. The first-order chi connectivity index (χ1) is 32.5. The van der Waals surface area contributed by atoms with Gasteiger partial charge in [0.2, 0.25) is 11.8 Å². The van der Waals surface area contributed by atoms with E-state index in [4.69, 9.17) is 19.5 Å². The number of likely N-dealkylation sites (tertiary alicyclic amines) is 2. The van der Waals surface area contributed by atoms with E-state index in [0.29, 0.717) is 77.7 Å². The third-order valence-corrected chi connectivity index (χ3v) is 15.0. The number of benzene rings is 1. The fourth-order valence-corrected chi connectivity index (χ4v) is 11.1. The number of aryl methyl sites for hydroxylation is 1. The van der Waals surface area contributed by atoms with E-state index in [9.17, 15) is 24.0 Å². The minimum Gasteiger partial charge on any atom is -0.464 e. The Morgan fingerprint density at radius 1 is 1.04 bits per heavy atom. The lowest BCUT2D eigenvalue weighted by Crippen LogP contribution is -2.69. The molecule has 0 radical (unpaired) electrons. The van der Waals surface area contributed by atoms with Crippen LogP contribution in [0.3, 0.4) is 0 Å². The predicted molar refractivity (Wildman–Crippen MR) is 261 cm³/mol. The van der Waals surface area contributed by atoms with Gasteiger partial charge in [0.05, 0.1) is 29.8 Å². The number of aromatic nitrogens is 2. The van der Waals surface area contributed by atoms with E-state index in [2.05, 4.69) is 66.4 Å². The molecular weight excluding hydrogens is 863 g/mol. The molecule has 6 bridgehead atoms. The Kier molecular flexibility index (Phi) is 14.2. The number of nitrogens with one attached hydrogen (secondary N) is 2. The van der Waals surface area contributed by atoms with E-state index in [1.54, 1.807) is 20.4 Å². The molecule has 2 aromatic heterocycles. The molecule has 68 heavy (non-hydrogen) atoms. The molecule has 366 valence electrons. The minimum absolute atomic E-state index is 0.121. The number of allylic oxidation sites excluding steroid dienone is 1. The molecule has 5 aliphatic heterocycles. The summed E-state index contributed by atoms with van der Waals surface area (Å²) in [5.41, 5.74) is 9.82. The second-order valence-electron chi connectivity index (χ2n) is 20.6. The van der Waals surface area contributed by atoms with Crippen molar-refractivity contribution < 1.29 is 33.4 Å². The molecular formula is C52H71N9O7. The smallest absolute Gasteiger partial charge is 0.324 e. The summed E-state index contributed by atoms with van der Waals surface area (Å²) in [4.78, 5) is 85.3. The molecule has 5 aliphatic rings. The van der Waals surface area contributed by atoms with Gasteiger partial charge in [-0.15, -0.1) is 0 Å². The first-order valence-corrected chi connectivity index (χ1v) is 24.8. The summed E-state index contributed by atoms with van der Waals surface area (Å²) >= 11 is 0. The standard InChI is InChI=1S/C52H71N9O7/c1-10-43(62)58-25-20-52(21-26-58)22-27-60(52)50(66)57(8)45(32(3)4)47(63)55-41-29-35-17-18-39(54-35)34-16-19-42-37(28-34)38(46(59(42)11-2)36-14-12-23-53-44(36)33(5)67-9)30-51(6,7)31-68-49(65)40-15-13-24-61(56-40)48(41)64/h12,14,16,18-19,23,28,32-33,40-41,45,56H,10-11,13,15,17,20-22,24-27,29-31H2,1-9H3,(H,55,63)/t33-,40-,41-,45-/m0/s1. The highest BCUT2D eigenvalue weighted by Gasteiger charge is 2.51. The van der Waals surface area contributed by atoms with Crippen LogP contribution in [0, 0.1) is 11.3 Å². The Morgan fingerprint density at radius 3 is 2.47 bits per heavy atom. The first-order valence-electron chi connectivity index (χ1n) is 24.8. The van der Waals surface area contributed by atoms with Gasteiger partial charge in [-0.1, -0.05) is 46.8 Å². The summed E-state index contributed by atoms with van der Waals surface area (Å²) in [5.74, 6) is -1.45. The van der Waals surface area contributed by atoms with Gasteiger partial charge in [-0.05, 0) is 88.1 Å². The number of rotatable bonds is 9. The lowest BCUT2D eigenvalue weighted by Gasteiger charge is -2.57. The maximum atomic E-state index is 14.7. The number of ether oxygens (including phenoxy) is 2. The Hall–Kier alpha value is -5.61. The van der Waals surface area contributed by atoms with E-state index >= 15 is 0 Å². The third-order valence-electron chi connectivity index (χ3n) is 15.0. The second-order valence-corrected chi connectivity index (χ2v) is 20.6. The number of methoxy groups -OCH3 is 1. The molecule has 7 heterocycles. The van der Waals surface area contributed by atoms with Gasteiger partial charge in [-0.2, -0.15) is 0 Å². The average Bonchev–Trinajstić information content (AvgIpc) is 3.93. The highest BCUT2D eigenvalue weighted by molar-refractivity contribution is 6.02. The highest BCUT2D eigenvalue weighted by Crippen LogP contribution is 2.43. The number of esters is 1. The SMILES string of the molecule is CCC(=O)N1CCC2(CC1)CCN2C(=O)N(C)[C@H](C(=O)N[C@H]1CC2=NC(=CC2)c2ccc3c(c2)c(c(-c2cccnc2[C@H](C)OC)n3CC)CC(C)(C)COC(=O)[C@@H]2CCCN(N2)C1=O)C(C)C. The molecule has 3 aromatic rings. The van der Waals surface area contributed by atoms with Crippen LogP contribution in [0.5, 0.6) is 0 Å². The fraction of sp³-hybridized carbons (Fsp3) is 0.596. The zero-order valence-corrected chi connectivity index (χ0v) is 41.5. The quantitative estimate of drug-likeness (QED) is 0.223. The number of carbonyl (C=O) groups is 5. The van der Waals surface area contributed by atoms with Gasteiger partial charge in [0.25, 0.3) is 5.91 Å². The van der Waals surface area contributed by atoms with Crippen molar-refractivity contribution in [2.24, 2.45) is 16.3 Å². The normalized spacial score (nSPS) is 22.5. The van der Waals surface area contributed by atoms with Crippen molar-refractivity contribution in [3.8, 4) is 11.3 Å². The Bertz CT molecular complexity index is 2500. The summed E-state index contributed by atoms with van der Waals surface area (Å²) < 4.78 is 14.3. The van der Waals surface area contributed by atoms with Crippen molar-refractivity contribution in [1.82, 2.24) is 40.0 Å². The molecule has 0 aliphatic carbocycles. The van der Waals surface area contributed by atoms with Crippen LogP contribution >= 0.6 is 0 Å². The van der Waals surface area contributed by atoms with Crippen LogP contribution in [0.2, 0.25) is 0 Å². The number of pyridine rings is 1. The molecule has 3 fully saturated rings. The number of aliphatic imine (C=N–C) groups is 1. The van der Waals surface area contributed by atoms with Crippen LogP contribution in [-0.2, 0) is 41.6 Å². The molecule has 0 saturated carbocycles. The Morgan fingerprint density at radius 2 is 1.79 bits per heavy atom. The number of urea groups is 1. The van der Waals surface area contributed by atoms with Gasteiger partial charge in [0.1, 0.15) is 18.1 Å². The molecule has 1 aromatic carbocycles. The largest absolute Gasteiger partial charge is 0.464 e. The van der Waals surface area contributed by atoms with Gasteiger partial charge in [0.15, 0.2) is 0 Å². The number of piperidine rings is 1. The lowest BCUT2D eigenvalue weighted by molar-refractivity contribution is -0.155. The van der Waals surface area contributed by atoms with E-state index in [0.717, 1.165) is 56.8 Å². The Balaban J connectivity index is 1.12. The van der Waals surface area contributed by atoms with Crippen LogP contribution in [0.4, 0.5) is 4.79 Å². The van der Waals surface area contributed by atoms with Gasteiger partial charge in [-0.3, -0.25) is 34.2 Å². The van der Waals surface area contributed by atoms with Crippen molar-refractivity contribution in [3.05, 3.63) is 59.4 Å². The molecule has 16 heteroatoms. The molecule has 0 unspecified atom stereocenters. The number of hydrogen-bond acceptors (Lipinski definition) is 10. The molecule has 3 saturated heterocycles. The predicted octanol–water partition coefficient (Wildman–Crippen LogP) is 6.67. The van der Waals surface area contributed by atoms with Crippen LogP contribution in [0.1, 0.15) is 123 Å². The Labute approximate surface area is 400 Å². The number of hydrazine groups is 1. The zero-order valence-electron chi connectivity index (χ0n) is 41.5. The lowest BCUT2D eigenvalue weighted by atomic mass is 9.76. The van der Waals surface area contributed by atoms with E-state index in [1.807, 2.05) is 43.6 Å². The maximum absolute atomic E-state index is 14.7. The minimum atomic E-state index is -1.05. The number of amides is 5. The monoisotopic (exact) mass is 934 g/mol. The van der Waals surface area contributed by atoms with Gasteiger partial charge < -0.3 is 34.1 Å². The molecule has 16 nitrogen and oxygen atoms in total. The summed E-state index contributed by atoms with van der Waals surface area (Å²) in [7, 11) is 3.35. The number of fused-ring (bicyclic) bond motifs is 5. The number of nitrogens with zero attached hydrogens (tertiary/aromatic N) is 7. The summed E-state index contributed by atoms with van der Waals surface area (Å²) in [6.45, 7) is 17.0. The van der Waals surface area contributed by atoms with Crippen molar-refractivity contribution in [2.45, 2.75) is 143 Å². The molecule has 8 rings (SSSR count). The first kappa shape index (κ1) is 48.8. The number of cyclic esters (lactones) is 1. The zero-order chi connectivity index (χ0) is 48.7. The summed E-state index contributed by atoms with van der Waals surface area (Å²) in [5, 5.41) is 5.60. The number of likely N-dealkylation sites (N-methyl/N-ethyl adjacent to an activating group) is 1. The van der Waals surface area contributed by atoms with Crippen LogP contribution in [-0.4, -0.2) is 135 Å². The van der Waals surface area contributed by atoms with E-state index in [1.165, 1.54) is 9.91 Å². The van der Waals surface area contributed by atoms with Crippen LogP contribution in [0.25, 0.3) is 27.9 Å². The van der Waals surface area contributed by atoms with E-state index in [-0.39, 0.29) is 42.5 Å². The van der Waals surface area contributed by atoms with Gasteiger partial charge in [-0.25, -0.2) is 10.2 Å². The van der Waals surface area contributed by atoms with Crippen molar-refractivity contribution >= 4 is 52.0 Å². The highest BCUT2D eigenvalue weighted by atomic mass is 16.5. The fourth-order valence-electron chi connectivity index (χ4n) is 11.1. The second kappa shape index (κ2) is 19.8. The van der Waals surface area contributed by atoms with Crippen molar-refractivity contribution in [1.29, 1.82) is 0 Å². The molecule has 5 amide bonds. The average molecular weight is 934 g/mol. The topological polar surface area (TPSA) is 171 Å². The van der Waals surface area contributed by atoms with E-state index < -0.39 is 41.3 Å². The van der Waals surface area contributed by atoms with Crippen LogP contribution < -0.4 is 10.7 Å². The molecule has 4 atom stereocenters. The van der Waals surface area contributed by atoms with Gasteiger partial charge >= 0.3 is 12.0 Å². The molecule has 2 N–H and O–H groups in total. The maximum Gasteiger partial charge on any atom is 0.324 e. The number of carbonyl (C=O) groups excluding carboxylic acids is 5. The third kappa shape index (κ3) is 9.42.